The lowest BCUT2D eigenvalue weighted by Crippen LogP contribution is -2.33. The van der Waals surface area contributed by atoms with E-state index in [0.29, 0.717) is 12.2 Å². The second-order valence-electron chi connectivity index (χ2n) is 6.92. The van der Waals surface area contributed by atoms with E-state index < -0.39 is 0 Å². The quantitative estimate of drug-likeness (QED) is 0.818. The van der Waals surface area contributed by atoms with Crippen LogP contribution in [0.25, 0.3) is 0 Å². The molecule has 1 aromatic heterocycles. The molecule has 0 saturated carbocycles. The molecule has 3 rings (SSSR count). The van der Waals surface area contributed by atoms with Gasteiger partial charge in [0.1, 0.15) is 5.69 Å². The standard InChI is InChI=1S/C21H27N3O/c1-17-11-14-24(15-12-17)19-9-10-20(23-16-19)21(25)22-13-5-8-18-6-3-2-4-7-18/h2-4,6-7,9-10,16-17H,5,8,11-15H2,1H3,(H,22,25). The first-order chi connectivity index (χ1) is 12.2. The minimum atomic E-state index is -0.0909. The number of piperidine rings is 1. The van der Waals surface area contributed by atoms with E-state index in [1.165, 1.54) is 18.4 Å². The molecule has 4 nitrogen and oxygen atoms in total. The van der Waals surface area contributed by atoms with Gasteiger partial charge in [0.15, 0.2) is 0 Å². The minimum absolute atomic E-state index is 0.0909. The van der Waals surface area contributed by atoms with E-state index in [-0.39, 0.29) is 5.91 Å². The lowest BCUT2D eigenvalue weighted by Gasteiger charge is -2.31. The Morgan fingerprint density at radius 3 is 2.60 bits per heavy atom. The monoisotopic (exact) mass is 337 g/mol. The lowest BCUT2D eigenvalue weighted by molar-refractivity contribution is 0.0948. The van der Waals surface area contributed by atoms with Crippen LogP contribution in [0.15, 0.2) is 48.7 Å². The number of carbonyl (C=O) groups excluding carboxylic acids is 1. The predicted octanol–water partition coefficient (Wildman–Crippen LogP) is 3.68. The Morgan fingerprint density at radius 1 is 1.16 bits per heavy atom. The van der Waals surface area contributed by atoms with E-state index >= 15 is 0 Å². The Bertz CT molecular complexity index is 661. The second-order valence-corrected chi connectivity index (χ2v) is 6.92. The zero-order valence-corrected chi connectivity index (χ0v) is 14.9. The smallest absolute Gasteiger partial charge is 0.269 e. The molecule has 2 aromatic rings. The molecule has 25 heavy (non-hydrogen) atoms. The summed E-state index contributed by atoms with van der Waals surface area (Å²) in [6.07, 6.45) is 6.18. The average Bonchev–Trinajstić information content (AvgIpc) is 2.67. The third kappa shape index (κ3) is 5.05. The average molecular weight is 337 g/mol. The number of rotatable bonds is 6. The molecule has 1 fully saturated rings. The van der Waals surface area contributed by atoms with Crippen LogP contribution in [0.2, 0.25) is 0 Å². The van der Waals surface area contributed by atoms with Crippen molar-refractivity contribution in [1.29, 1.82) is 0 Å². The Kier molecular flexibility index (Phi) is 6.04. The van der Waals surface area contributed by atoms with Gasteiger partial charge in [-0.15, -0.1) is 0 Å². The molecular formula is C21H27N3O. The summed E-state index contributed by atoms with van der Waals surface area (Å²) in [5, 5.41) is 2.96. The number of aryl methyl sites for hydroxylation is 1. The van der Waals surface area contributed by atoms with Crippen molar-refractivity contribution in [2.24, 2.45) is 5.92 Å². The van der Waals surface area contributed by atoms with Gasteiger partial charge < -0.3 is 10.2 Å². The fraction of sp³-hybridized carbons (Fsp3) is 0.429. The maximum Gasteiger partial charge on any atom is 0.269 e. The Morgan fingerprint density at radius 2 is 1.92 bits per heavy atom. The first-order valence-corrected chi connectivity index (χ1v) is 9.25. The molecule has 0 aliphatic carbocycles. The number of anilines is 1. The van der Waals surface area contributed by atoms with Crippen LogP contribution < -0.4 is 10.2 Å². The number of aromatic nitrogens is 1. The van der Waals surface area contributed by atoms with Gasteiger partial charge in [0.25, 0.3) is 5.91 Å². The largest absolute Gasteiger partial charge is 0.370 e. The Hall–Kier alpha value is -2.36. The summed E-state index contributed by atoms with van der Waals surface area (Å²) in [7, 11) is 0. The van der Waals surface area contributed by atoms with Crippen molar-refractivity contribution < 1.29 is 4.79 Å². The van der Waals surface area contributed by atoms with Crippen molar-refractivity contribution in [3.05, 3.63) is 59.9 Å². The first kappa shape index (κ1) is 17.5. The molecule has 0 unspecified atom stereocenters. The highest BCUT2D eigenvalue weighted by molar-refractivity contribution is 5.92. The molecular weight excluding hydrogens is 310 g/mol. The van der Waals surface area contributed by atoms with Gasteiger partial charge in [-0.3, -0.25) is 4.79 Å². The number of nitrogens with zero attached hydrogens (tertiary/aromatic N) is 2. The van der Waals surface area contributed by atoms with Gasteiger partial charge >= 0.3 is 0 Å². The van der Waals surface area contributed by atoms with Crippen molar-refractivity contribution in [3.63, 3.8) is 0 Å². The fourth-order valence-corrected chi connectivity index (χ4v) is 3.20. The third-order valence-corrected chi connectivity index (χ3v) is 4.90. The van der Waals surface area contributed by atoms with E-state index in [9.17, 15) is 4.79 Å². The van der Waals surface area contributed by atoms with Crippen LogP contribution in [-0.2, 0) is 6.42 Å². The van der Waals surface area contributed by atoms with E-state index in [1.54, 1.807) is 0 Å². The summed E-state index contributed by atoms with van der Waals surface area (Å²) in [4.78, 5) is 18.9. The van der Waals surface area contributed by atoms with E-state index in [0.717, 1.165) is 37.5 Å². The highest BCUT2D eigenvalue weighted by Crippen LogP contribution is 2.22. The van der Waals surface area contributed by atoms with Gasteiger partial charge in [-0.2, -0.15) is 0 Å². The number of benzene rings is 1. The van der Waals surface area contributed by atoms with Crippen molar-refractivity contribution >= 4 is 11.6 Å². The number of hydrogen-bond donors (Lipinski definition) is 1. The van der Waals surface area contributed by atoms with Crippen molar-refractivity contribution in [2.45, 2.75) is 32.6 Å². The topological polar surface area (TPSA) is 45.2 Å². The summed E-state index contributed by atoms with van der Waals surface area (Å²) in [5.41, 5.74) is 2.91. The van der Waals surface area contributed by atoms with E-state index in [1.807, 2.05) is 36.5 Å². The van der Waals surface area contributed by atoms with Crippen LogP contribution in [0.5, 0.6) is 0 Å². The summed E-state index contributed by atoms with van der Waals surface area (Å²) >= 11 is 0. The molecule has 0 spiro atoms. The highest BCUT2D eigenvalue weighted by Gasteiger charge is 2.16. The number of hydrogen-bond acceptors (Lipinski definition) is 3. The molecule has 1 N–H and O–H groups in total. The van der Waals surface area contributed by atoms with Crippen LogP contribution in [0.3, 0.4) is 0 Å². The normalized spacial score (nSPS) is 15.2. The second kappa shape index (κ2) is 8.65. The van der Waals surface area contributed by atoms with Gasteiger partial charge in [0, 0.05) is 19.6 Å². The van der Waals surface area contributed by atoms with E-state index in [4.69, 9.17) is 0 Å². The maximum atomic E-state index is 12.2. The third-order valence-electron chi connectivity index (χ3n) is 4.90. The molecule has 4 heteroatoms. The van der Waals surface area contributed by atoms with Crippen molar-refractivity contribution in [3.8, 4) is 0 Å². The van der Waals surface area contributed by atoms with Crippen LogP contribution in [0.1, 0.15) is 42.2 Å². The van der Waals surface area contributed by atoms with Gasteiger partial charge in [-0.05, 0) is 49.3 Å². The summed E-state index contributed by atoms with van der Waals surface area (Å²) < 4.78 is 0. The lowest BCUT2D eigenvalue weighted by atomic mass is 9.99. The van der Waals surface area contributed by atoms with Gasteiger partial charge in [-0.25, -0.2) is 4.98 Å². The number of nitrogens with one attached hydrogen (secondary N) is 1. The molecule has 0 bridgehead atoms. The van der Waals surface area contributed by atoms with Gasteiger partial charge in [-0.1, -0.05) is 37.3 Å². The molecule has 132 valence electrons. The minimum Gasteiger partial charge on any atom is -0.370 e. The molecule has 1 aliphatic heterocycles. The van der Waals surface area contributed by atoms with Crippen LogP contribution >= 0.6 is 0 Å². The molecule has 2 heterocycles. The molecule has 1 aromatic carbocycles. The van der Waals surface area contributed by atoms with Gasteiger partial charge in [0.05, 0.1) is 11.9 Å². The van der Waals surface area contributed by atoms with E-state index in [2.05, 4.69) is 34.3 Å². The molecule has 0 atom stereocenters. The predicted molar refractivity (Wildman–Crippen MR) is 102 cm³/mol. The number of pyridine rings is 1. The molecule has 1 saturated heterocycles. The zero-order chi connectivity index (χ0) is 17.5. The van der Waals surface area contributed by atoms with Crippen molar-refractivity contribution in [2.75, 3.05) is 24.5 Å². The number of carbonyl (C=O) groups is 1. The first-order valence-electron chi connectivity index (χ1n) is 9.25. The summed E-state index contributed by atoms with van der Waals surface area (Å²) in [6.45, 7) is 5.13. The van der Waals surface area contributed by atoms with Crippen LogP contribution in [0, 0.1) is 5.92 Å². The van der Waals surface area contributed by atoms with Crippen molar-refractivity contribution in [1.82, 2.24) is 10.3 Å². The van der Waals surface area contributed by atoms with Crippen LogP contribution in [0.4, 0.5) is 5.69 Å². The highest BCUT2D eigenvalue weighted by atomic mass is 16.1. The zero-order valence-electron chi connectivity index (χ0n) is 14.9. The number of amides is 1. The van der Waals surface area contributed by atoms with Crippen LogP contribution in [-0.4, -0.2) is 30.5 Å². The Labute approximate surface area is 150 Å². The van der Waals surface area contributed by atoms with Gasteiger partial charge in [0.2, 0.25) is 0 Å². The molecule has 1 amide bonds. The Balaban J connectivity index is 1.44. The summed E-state index contributed by atoms with van der Waals surface area (Å²) in [5.74, 6) is 0.719. The summed E-state index contributed by atoms with van der Waals surface area (Å²) in [6, 6.07) is 14.2. The maximum absolute atomic E-state index is 12.2. The SMILES string of the molecule is CC1CCN(c2ccc(C(=O)NCCCc3ccccc3)nc2)CC1. The molecule has 1 aliphatic rings. The fourth-order valence-electron chi connectivity index (χ4n) is 3.20. The molecule has 0 radical (unpaired) electrons.